The van der Waals surface area contributed by atoms with Gasteiger partial charge in [-0.05, 0) is 38.1 Å². The quantitative estimate of drug-likeness (QED) is 0.699. The van der Waals surface area contributed by atoms with Gasteiger partial charge >= 0.3 is 0 Å². The molecule has 108 valence electrons. The monoisotopic (exact) mass is 266 g/mol. The van der Waals surface area contributed by atoms with Crippen molar-refractivity contribution in [3.63, 3.8) is 0 Å². The molecule has 5 heteroatoms. The lowest BCUT2D eigenvalue weighted by molar-refractivity contribution is 0.120. The lowest BCUT2D eigenvalue weighted by Crippen LogP contribution is -2.19. The molecule has 0 spiro atoms. The largest absolute Gasteiger partial charge is 0.391 e. The zero-order valence-electron chi connectivity index (χ0n) is 11.7. The fourth-order valence-electron chi connectivity index (χ4n) is 2.91. The third-order valence-corrected chi connectivity index (χ3v) is 3.95. The van der Waals surface area contributed by atoms with Crippen LogP contribution in [-0.4, -0.2) is 32.7 Å². The highest BCUT2D eigenvalue weighted by Gasteiger charge is 2.19. The zero-order valence-corrected chi connectivity index (χ0v) is 11.7. The molecule has 0 aliphatic heterocycles. The smallest absolute Gasteiger partial charge is 0.0827 e. The second-order valence-corrected chi connectivity index (χ2v) is 5.72. The highest BCUT2D eigenvalue weighted by Crippen LogP contribution is 2.28. The third kappa shape index (κ3) is 4.91. The van der Waals surface area contributed by atoms with Crippen LogP contribution in [-0.2, 0) is 13.0 Å². The molecule has 0 aromatic carbocycles. The van der Waals surface area contributed by atoms with E-state index in [-0.39, 0.29) is 6.10 Å². The molecular weight excluding hydrogens is 240 g/mol. The standard InChI is InChI=1S/C14H26N4O/c15-8-4-3-7-13-10-18(17-16-13)11-14(19)9-12-5-1-2-6-12/h10,12,14,19H,1-9,11,15H2. The third-order valence-electron chi connectivity index (χ3n) is 3.95. The molecule has 1 heterocycles. The summed E-state index contributed by atoms with van der Waals surface area (Å²) >= 11 is 0. The molecule has 1 atom stereocenters. The van der Waals surface area contributed by atoms with Gasteiger partial charge in [0.2, 0.25) is 0 Å². The molecule has 19 heavy (non-hydrogen) atoms. The van der Waals surface area contributed by atoms with Crippen LogP contribution in [0.25, 0.3) is 0 Å². The minimum absolute atomic E-state index is 0.290. The highest BCUT2D eigenvalue weighted by molar-refractivity contribution is 4.92. The Morgan fingerprint density at radius 2 is 2.16 bits per heavy atom. The van der Waals surface area contributed by atoms with Crippen molar-refractivity contribution in [2.45, 2.75) is 64.0 Å². The van der Waals surface area contributed by atoms with Gasteiger partial charge in [0, 0.05) is 6.20 Å². The van der Waals surface area contributed by atoms with Crippen molar-refractivity contribution in [1.29, 1.82) is 0 Å². The molecule has 0 bridgehead atoms. The van der Waals surface area contributed by atoms with Crippen molar-refractivity contribution in [2.24, 2.45) is 11.7 Å². The predicted molar refractivity (Wildman–Crippen MR) is 74.6 cm³/mol. The lowest BCUT2D eigenvalue weighted by atomic mass is 10.0. The van der Waals surface area contributed by atoms with Crippen molar-refractivity contribution in [3.05, 3.63) is 11.9 Å². The summed E-state index contributed by atoms with van der Waals surface area (Å²) in [4.78, 5) is 0. The van der Waals surface area contributed by atoms with Gasteiger partial charge in [0.25, 0.3) is 0 Å². The molecule has 0 amide bonds. The highest BCUT2D eigenvalue weighted by atomic mass is 16.3. The molecule has 1 aromatic heterocycles. The van der Waals surface area contributed by atoms with E-state index >= 15 is 0 Å². The maximum Gasteiger partial charge on any atom is 0.0827 e. The van der Waals surface area contributed by atoms with Gasteiger partial charge in [0.05, 0.1) is 18.3 Å². The summed E-state index contributed by atoms with van der Waals surface area (Å²) in [7, 11) is 0. The van der Waals surface area contributed by atoms with Crippen LogP contribution in [0.4, 0.5) is 0 Å². The fourth-order valence-corrected chi connectivity index (χ4v) is 2.91. The Hall–Kier alpha value is -0.940. The second kappa shape index (κ2) is 7.60. The Bertz CT molecular complexity index is 360. The number of aromatic nitrogens is 3. The van der Waals surface area contributed by atoms with Crippen LogP contribution in [0.5, 0.6) is 0 Å². The first-order chi connectivity index (χ1) is 9.28. The Labute approximate surface area is 115 Å². The van der Waals surface area contributed by atoms with Crippen LogP contribution >= 0.6 is 0 Å². The van der Waals surface area contributed by atoms with E-state index in [4.69, 9.17) is 5.73 Å². The van der Waals surface area contributed by atoms with E-state index in [9.17, 15) is 5.11 Å². The Morgan fingerprint density at radius 1 is 1.37 bits per heavy atom. The number of aliphatic hydroxyl groups is 1. The minimum Gasteiger partial charge on any atom is -0.391 e. The summed E-state index contributed by atoms with van der Waals surface area (Å²) < 4.78 is 1.78. The van der Waals surface area contributed by atoms with Crippen LogP contribution < -0.4 is 5.73 Å². The molecule has 5 nitrogen and oxygen atoms in total. The van der Waals surface area contributed by atoms with Gasteiger partial charge in [-0.1, -0.05) is 30.9 Å². The summed E-state index contributed by atoms with van der Waals surface area (Å²) in [5.74, 6) is 0.711. The van der Waals surface area contributed by atoms with Crippen molar-refractivity contribution in [3.8, 4) is 0 Å². The molecule has 1 fully saturated rings. The lowest BCUT2D eigenvalue weighted by Gasteiger charge is -2.14. The SMILES string of the molecule is NCCCCc1cn(CC(O)CC2CCCC2)nn1. The molecule has 3 N–H and O–H groups in total. The molecule has 0 saturated heterocycles. The fraction of sp³-hybridized carbons (Fsp3) is 0.857. The van der Waals surface area contributed by atoms with Crippen LogP contribution in [0.2, 0.25) is 0 Å². The van der Waals surface area contributed by atoms with E-state index in [1.807, 2.05) is 6.20 Å². The minimum atomic E-state index is -0.290. The van der Waals surface area contributed by atoms with Gasteiger partial charge in [0.1, 0.15) is 0 Å². The van der Waals surface area contributed by atoms with Gasteiger partial charge in [-0.25, -0.2) is 4.68 Å². The Kier molecular flexibility index (Phi) is 5.79. The maximum absolute atomic E-state index is 10.1. The normalized spacial score (nSPS) is 18.0. The topological polar surface area (TPSA) is 77.0 Å². The van der Waals surface area contributed by atoms with Gasteiger partial charge in [-0.15, -0.1) is 5.10 Å². The van der Waals surface area contributed by atoms with Crippen LogP contribution in [0.3, 0.4) is 0 Å². The van der Waals surface area contributed by atoms with Crippen LogP contribution in [0, 0.1) is 5.92 Å². The van der Waals surface area contributed by atoms with Crippen LogP contribution in [0.15, 0.2) is 6.20 Å². The Balaban J connectivity index is 1.72. The molecule has 1 unspecified atom stereocenters. The number of aliphatic hydroxyl groups excluding tert-OH is 1. The van der Waals surface area contributed by atoms with Crippen molar-refractivity contribution >= 4 is 0 Å². The first-order valence-corrected chi connectivity index (χ1v) is 7.55. The molecule has 1 aliphatic rings. The predicted octanol–water partition coefficient (Wildman–Crippen LogP) is 1.50. The van der Waals surface area contributed by atoms with Crippen molar-refractivity contribution in [1.82, 2.24) is 15.0 Å². The zero-order chi connectivity index (χ0) is 13.5. The molecular formula is C14H26N4O. The maximum atomic E-state index is 10.1. The van der Waals surface area contributed by atoms with E-state index < -0.39 is 0 Å². The average Bonchev–Trinajstić information content (AvgIpc) is 3.02. The van der Waals surface area contributed by atoms with Crippen molar-refractivity contribution in [2.75, 3.05) is 6.54 Å². The second-order valence-electron chi connectivity index (χ2n) is 5.72. The molecule has 2 rings (SSSR count). The molecule has 1 saturated carbocycles. The summed E-state index contributed by atoms with van der Waals surface area (Å²) in [5, 5.41) is 18.3. The average molecular weight is 266 g/mol. The molecule has 1 aliphatic carbocycles. The number of unbranched alkanes of at least 4 members (excludes halogenated alkanes) is 1. The summed E-state index contributed by atoms with van der Waals surface area (Å²) in [6.45, 7) is 1.30. The number of hydrogen-bond acceptors (Lipinski definition) is 4. The number of nitrogens with two attached hydrogens (primary N) is 1. The number of aryl methyl sites for hydroxylation is 1. The van der Waals surface area contributed by atoms with Gasteiger partial charge in [-0.2, -0.15) is 0 Å². The van der Waals surface area contributed by atoms with E-state index in [1.54, 1.807) is 4.68 Å². The summed E-state index contributed by atoms with van der Waals surface area (Å²) in [6, 6.07) is 0. The van der Waals surface area contributed by atoms with E-state index in [0.717, 1.165) is 37.9 Å². The Morgan fingerprint density at radius 3 is 2.89 bits per heavy atom. The van der Waals surface area contributed by atoms with E-state index in [0.29, 0.717) is 12.5 Å². The summed E-state index contributed by atoms with van der Waals surface area (Å²) in [5.41, 5.74) is 6.47. The number of rotatable bonds is 8. The van der Waals surface area contributed by atoms with Gasteiger partial charge < -0.3 is 10.8 Å². The van der Waals surface area contributed by atoms with Crippen LogP contribution in [0.1, 0.15) is 50.6 Å². The number of nitrogens with zero attached hydrogens (tertiary/aromatic N) is 3. The van der Waals surface area contributed by atoms with Gasteiger partial charge in [0.15, 0.2) is 0 Å². The van der Waals surface area contributed by atoms with Gasteiger partial charge in [-0.3, -0.25) is 0 Å². The van der Waals surface area contributed by atoms with E-state index in [1.165, 1.54) is 25.7 Å². The molecule has 0 radical (unpaired) electrons. The number of hydrogen-bond donors (Lipinski definition) is 2. The van der Waals surface area contributed by atoms with E-state index in [2.05, 4.69) is 10.3 Å². The first-order valence-electron chi connectivity index (χ1n) is 7.55. The van der Waals surface area contributed by atoms with Crippen molar-refractivity contribution < 1.29 is 5.11 Å². The first kappa shape index (κ1) is 14.5. The molecule has 1 aromatic rings. The summed E-state index contributed by atoms with van der Waals surface area (Å²) in [6.07, 6.45) is 10.8.